The van der Waals surface area contributed by atoms with Crippen LogP contribution in [-0.4, -0.2) is 30.4 Å². The predicted molar refractivity (Wildman–Crippen MR) is 101 cm³/mol. The summed E-state index contributed by atoms with van der Waals surface area (Å²) in [7, 11) is -5.11. The molecule has 0 spiro atoms. The van der Waals surface area contributed by atoms with Crippen LogP contribution in [0.1, 0.15) is 96.8 Å². The van der Waals surface area contributed by atoms with E-state index < -0.39 is 26.5 Å². The number of hydrogen-bond acceptors (Lipinski definition) is 7. The summed E-state index contributed by atoms with van der Waals surface area (Å²) < 4.78 is 19.0. The third-order valence-corrected chi connectivity index (χ3v) is 4.81. The van der Waals surface area contributed by atoms with Gasteiger partial charge in [-0.15, -0.1) is 0 Å². The zero-order chi connectivity index (χ0) is 20.4. The van der Waals surface area contributed by atoms with Gasteiger partial charge in [0.15, 0.2) is 0 Å². The first-order chi connectivity index (χ1) is 12.8. The Labute approximate surface area is 220 Å². The first kappa shape index (κ1) is 35.1. The van der Waals surface area contributed by atoms with Gasteiger partial charge in [0.25, 0.3) is 0 Å². The Morgan fingerprint density at radius 3 is 1.66 bits per heavy atom. The molecule has 0 aliphatic rings. The second-order valence-electron chi connectivity index (χ2n) is 7.07. The largest absolute Gasteiger partial charge is 1.00 e. The average molecular weight is 454 g/mol. The summed E-state index contributed by atoms with van der Waals surface area (Å²) in [5.41, 5.74) is 0. The Hall–Kier alpha value is 1.54. The fourth-order valence-corrected chi connectivity index (χ4v) is 3.13. The predicted octanol–water partition coefficient (Wildman–Crippen LogP) is -2.77. The van der Waals surface area contributed by atoms with Gasteiger partial charge >= 0.3 is 65.1 Å². The number of carbonyl (C=O) groups excluding carboxylic acids is 1. The summed E-state index contributed by atoms with van der Waals surface area (Å²) in [4.78, 5) is 32.0. The number of hydrogen-bond donors (Lipinski definition) is 1. The Balaban J connectivity index is -0.00000338. The van der Waals surface area contributed by atoms with Crippen LogP contribution in [-0.2, 0) is 18.6 Å². The van der Waals surface area contributed by atoms with Gasteiger partial charge in [-0.05, 0) is 6.42 Å². The van der Waals surface area contributed by atoms with Crippen molar-refractivity contribution in [1.82, 2.24) is 0 Å². The van der Waals surface area contributed by atoms with Crippen molar-refractivity contribution in [2.75, 3.05) is 13.2 Å². The van der Waals surface area contributed by atoms with Gasteiger partial charge in [0.1, 0.15) is 12.7 Å². The fourth-order valence-electron chi connectivity index (χ4n) is 2.77. The molecule has 0 aliphatic carbocycles. The minimum Gasteiger partial charge on any atom is -0.790 e. The van der Waals surface area contributed by atoms with Crippen molar-refractivity contribution in [2.45, 2.75) is 103 Å². The molecule has 162 valence electrons. The molecular formula is C19H37Na2O7P. The van der Waals surface area contributed by atoms with E-state index >= 15 is 0 Å². The summed E-state index contributed by atoms with van der Waals surface area (Å²) in [5.74, 6) is -0.440. The van der Waals surface area contributed by atoms with E-state index in [0.717, 1.165) is 19.3 Å². The van der Waals surface area contributed by atoms with E-state index in [1.807, 2.05) is 0 Å². The molecule has 0 heterocycles. The maximum absolute atomic E-state index is 11.5. The number of ether oxygens (including phenoxy) is 1. The van der Waals surface area contributed by atoms with E-state index in [1.165, 1.54) is 64.2 Å². The maximum atomic E-state index is 11.5. The number of rotatable bonds is 19. The van der Waals surface area contributed by atoms with Crippen LogP contribution in [0.25, 0.3) is 0 Å². The van der Waals surface area contributed by atoms with Gasteiger partial charge in [-0.1, -0.05) is 84.0 Å². The van der Waals surface area contributed by atoms with Gasteiger partial charge in [-0.3, -0.25) is 4.79 Å². The number of aliphatic hydroxyl groups excluding tert-OH is 1. The molecule has 1 N–H and O–H groups in total. The van der Waals surface area contributed by atoms with E-state index in [-0.39, 0.29) is 72.1 Å². The van der Waals surface area contributed by atoms with E-state index in [0.29, 0.717) is 0 Å². The van der Waals surface area contributed by atoms with Gasteiger partial charge in [0.05, 0.1) is 14.4 Å². The molecule has 0 aliphatic heterocycles. The normalized spacial score (nSPS) is 12.0. The molecule has 1 atom stereocenters. The number of unbranched alkanes of at least 4 members (excludes halogenated alkanes) is 12. The van der Waals surface area contributed by atoms with Crippen LogP contribution < -0.4 is 68.9 Å². The molecule has 0 saturated carbocycles. The summed E-state index contributed by atoms with van der Waals surface area (Å²) in [6.07, 6.45) is 14.9. The Kier molecular flexibility index (Phi) is 29.3. The Morgan fingerprint density at radius 1 is 0.828 bits per heavy atom. The molecule has 0 fully saturated rings. The fraction of sp³-hybridized carbons (Fsp3) is 0.947. The van der Waals surface area contributed by atoms with Crippen molar-refractivity contribution >= 4 is 13.8 Å². The van der Waals surface area contributed by atoms with Crippen LogP contribution >= 0.6 is 7.82 Å². The third-order valence-electron chi connectivity index (χ3n) is 4.35. The summed E-state index contributed by atoms with van der Waals surface area (Å²) in [6, 6.07) is 0. The van der Waals surface area contributed by atoms with Crippen LogP contribution in [0.2, 0.25) is 0 Å². The molecule has 29 heavy (non-hydrogen) atoms. The molecule has 0 rings (SSSR count). The second-order valence-corrected chi connectivity index (χ2v) is 8.23. The van der Waals surface area contributed by atoms with Crippen molar-refractivity contribution in [1.29, 1.82) is 0 Å². The van der Waals surface area contributed by atoms with E-state index in [4.69, 9.17) is 4.74 Å². The van der Waals surface area contributed by atoms with Gasteiger partial charge in [-0.2, -0.15) is 0 Å². The molecule has 0 aromatic carbocycles. The van der Waals surface area contributed by atoms with Gasteiger partial charge in [0.2, 0.25) is 0 Å². The van der Waals surface area contributed by atoms with Crippen molar-refractivity contribution in [3.05, 3.63) is 0 Å². The zero-order valence-corrected chi connectivity index (χ0v) is 23.6. The number of aliphatic hydroxyl groups is 1. The van der Waals surface area contributed by atoms with Gasteiger partial charge in [-0.25, -0.2) is 0 Å². The molecule has 0 bridgehead atoms. The second kappa shape index (κ2) is 24.2. The van der Waals surface area contributed by atoms with Crippen molar-refractivity contribution in [3.63, 3.8) is 0 Å². The summed E-state index contributed by atoms with van der Waals surface area (Å²) in [5, 5.41) is 9.34. The van der Waals surface area contributed by atoms with Crippen LogP contribution in [0.4, 0.5) is 0 Å². The topological polar surface area (TPSA) is 119 Å². The molecular weight excluding hydrogens is 417 g/mol. The van der Waals surface area contributed by atoms with Gasteiger partial charge in [0, 0.05) is 6.42 Å². The average Bonchev–Trinajstić information content (AvgIpc) is 2.61. The number of phosphoric ester groups is 1. The van der Waals surface area contributed by atoms with Crippen LogP contribution in [0, 0.1) is 0 Å². The van der Waals surface area contributed by atoms with Crippen LogP contribution in [0.3, 0.4) is 0 Å². The first-order valence-corrected chi connectivity index (χ1v) is 11.8. The molecule has 0 aromatic rings. The number of phosphoric acid groups is 1. The molecule has 0 radical (unpaired) electrons. The minimum atomic E-state index is -5.11. The van der Waals surface area contributed by atoms with E-state index in [9.17, 15) is 24.3 Å². The van der Waals surface area contributed by atoms with E-state index in [1.54, 1.807) is 0 Å². The van der Waals surface area contributed by atoms with Crippen molar-refractivity contribution in [3.8, 4) is 0 Å². The molecule has 0 saturated heterocycles. The molecule has 0 amide bonds. The van der Waals surface area contributed by atoms with Crippen LogP contribution in [0.5, 0.6) is 0 Å². The van der Waals surface area contributed by atoms with Crippen molar-refractivity contribution < 1.29 is 92.6 Å². The molecule has 0 aromatic heterocycles. The van der Waals surface area contributed by atoms with E-state index in [2.05, 4.69) is 11.4 Å². The maximum Gasteiger partial charge on any atom is 1.00 e. The van der Waals surface area contributed by atoms with Crippen LogP contribution in [0.15, 0.2) is 0 Å². The number of carbonyl (C=O) groups is 1. The summed E-state index contributed by atoms with van der Waals surface area (Å²) >= 11 is 0. The van der Waals surface area contributed by atoms with Crippen molar-refractivity contribution in [2.24, 2.45) is 0 Å². The molecule has 7 nitrogen and oxygen atoms in total. The molecule has 10 heteroatoms. The SMILES string of the molecule is CCCCCCCCCCCCCCCC(=O)OCC(O)COP(=O)([O-])[O-].[Na+].[Na+]. The van der Waals surface area contributed by atoms with Gasteiger partial charge < -0.3 is 28.7 Å². The minimum absolute atomic E-state index is 0. The summed E-state index contributed by atoms with van der Waals surface area (Å²) in [6.45, 7) is 1.16. The Morgan fingerprint density at radius 2 is 1.24 bits per heavy atom. The monoisotopic (exact) mass is 454 g/mol. The first-order valence-electron chi connectivity index (χ1n) is 10.4. The Bertz CT molecular complexity index is 408. The molecule has 1 unspecified atom stereocenters. The smallest absolute Gasteiger partial charge is 0.790 e. The quantitative estimate of drug-likeness (QED) is 0.0971. The zero-order valence-electron chi connectivity index (χ0n) is 18.7. The standard InChI is InChI=1S/C19H39O7P.2Na/c1-2-3-4-5-6-7-8-9-10-11-12-13-14-15-19(21)25-16-18(20)17-26-27(22,23)24;;/h18,20H,2-17H2,1H3,(H2,22,23,24);;/q;2*+1/p-2. The third kappa shape index (κ3) is 29.5. The number of esters is 1.